The van der Waals surface area contributed by atoms with Crippen LogP contribution in [0.1, 0.15) is 66.7 Å². The van der Waals surface area contributed by atoms with Crippen LogP contribution in [-0.4, -0.2) is 35.2 Å². The summed E-state index contributed by atoms with van der Waals surface area (Å²) in [6.45, 7) is 2.76. The monoisotopic (exact) mass is 335 g/mol. The molecular weight excluding hydrogens is 310 g/mol. The number of anilines is 1. The quantitative estimate of drug-likeness (QED) is 0.867. The third-order valence-corrected chi connectivity index (χ3v) is 6.40. The van der Waals surface area contributed by atoms with Crippen LogP contribution in [0.3, 0.4) is 0 Å². The van der Waals surface area contributed by atoms with E-state index in [1.54, 1.807) is 0 Å². The number of rotatable bonds is 5. The maximum Gasteiger partial charge on any atom is 0.263 e. The zero-order chi connectivity index (χ0) is 15.9. The van der Waals surface area contributed by atoms with Gasteiger partial charge in [0.1, 0.15) is 4.88 Å². The molecule has 1 aromatic heterocycles. The van der Waals surface area contributed by atoms with Gasteiger partial charge < -0.3 is 15.4 Å². The van der Waals surface area contributed by atoms with Gasteiger partial charge in [0.25, 0.3) is 5.91 Å². The lowest BCUT2D eigenvalue weighted by molar-refractivity contribution is -0.0695. The van der Waals surface area contributed by atoms with Crippen LogP contribution in [0.15, 0.2) is 0 Å². The first-order chi connectivity index (χ1) is 11.2. The predicted octanol–water partition coefficient (Wildman–Crippen LogP) is 3.25. The van der Waals surface area contributed by atoms with E-state index in [4.69, 9.17) is 4.74 Å². The molecule has 1 amide bonds. The first kappa shape index (κ1) is 15.4. The van der Waals surface area contributed by atoms with Crippen LogP contribution in [0.4, 0.5) is 5.13 Å². The molecule has 2 heterocycles. The molecular formula is C17H25N3O2S. The van der Waals surface area contributed by atoms with Crippen LogP contribution in [0.25, 0.3) is 0 Å². The van der Waals surface area contributed by atoms with Gasteiger partial charge in [0, 0.05) is 12.6 Å². The molecule has 1 saturated heterocycles. The summed E-state index contributed by atoms with van der Waals surface area (Å²) < 4.78 is 5.98. The molecule has 6 heteroatoms. The van der Waals surface area contributed by atoms with E-state index in [2.05, 4.69) is 15.6 Å². The number of hydrogen-bond acceptors (Lipinski definition) is 5. The molecule has 3 fully saturated rings. The molecule has 1 atom stereocenters. The highest BCUT2D eigenvalue weighted by Gasteiger charge is 2.46. The lowest BCUT2D eigenvalue weighted by Crippen LogP contribution is -2.62. The number of ether oxygens (including phenoxy) is 1. The highest BCUT2D eigenvalue weighted by Crippen LogP contribution is 2.40. The molecule has 5 nitrogen and oxygen atoms in total. The number of carbonyl (C=O) groups excluding carboxylic acids is 1. The van der Waals surface area contributed by atoms with Crippen molar-refractivity contribution in [2.24, 2.45) is 0 Å². The van der Waals surface area contributed by atoms with Crippen molar-refractivity contribution in [3.8, 4) is 0 Å². The van der Waals surface area contributed by atoms with Crippen LogP contribution in [-0.2, 0) is 4.74 Å². The van der Waals surface area contributed by atoms with Gasteiger partial charge in [0.05, 0.1) is 17.3 Å². The van der Waals surface area contributed by atoms with Crippen LogP contribution in [0, 0.1) is 6.92 Å². The third-order valence-electron chi connectivity index (χ3n) is 5.31. The number of amides is 1. The van der Waals surface area contributed by atoms with Crippen molar-refractivity contribution >= 4 is 22.4 Å². The second kappa shape index (κ2) is 6.06. The number of thiazole rings is 1. The van der Waals surface area contributed by atoms with Crippen molar-refractivity contribution in [3.05, 3.63) is 10.6 Å². The third kappa shape index (κ3) is 3.11. The molecule has 2 saturated carbocycles. The van der Waals surface area contributed by atoms with E-state index < -0.39 is 0 Å². The van der Waals surface area contributed by atoms with E-state index in [-0.39, 0.29) is 17.6 Å². The Morgan fingerprint density at radius 2 is 2.09 bits per heavy atom. The standard InChI is InChI=1S/C17H25N3O2S/c1-11-14(23-16(18-11)19-12-6-7-12)15(21)20-17(8-4-9-17)13-5-2-3-10-22-13/h12-13H,2-10H2,1H3,(H,18,19)(H,20,21). The van der Waals surface area contributed by atoms with E-state index in [1.807, 2.05) is 6.92 Å². The zero-order valence-electron chi connectivity index (χ0n) is 13.7. The van der Waals surface area contributed by atoms with E-state index in [1.165, 1.54) is 37.0 Å². The summed E-state index contributed by atoms with van der Waals surface area (Å²) in [4.78, 5) is 18.1. The lowest BCUT2D eigenvalue weighted by atomic mass is 9.70. The number of nitrogens with zero attached hydrogens (tertiary/aromatic N) is 1. The van der Waals surface area contributed by atoms with Gasteiger partial charge in [-0.3, -0.25) is 4.79 Å². The Morgan fingerprint density at radius 1 is 1.26 bits per heavy atom. The Morgan fingerprint density at radius 3 is 2.70 bits per heavy atom. The van der Waals surface area contributed by atoms with Crippen LogP contribution in [0.5, 0.6) is 0 Å². The first-order valence-corrected chi connectivity index (χ1v) is 9.66. The van der Waals surface area contributed by atoms with Gasteiger partial charge >= 0.3 is 0 Å². The summed E-state index contributed by atoms with van der Waals surface area (Å²) in [7, 11) is 0. The fraction of sp³-hybridized carbons (Fsp3) is 0.765. The summed E-state index contributed by atoms with van der Waals surface area (Å²) in [5, 5.41) is 7.59. The zero-order valence-corrected chi connectivity index (χ0v) is 14.5. The molecule has 1 aliphatic heterocycles. The molecule has 0 bridgehead atoms. The van der Waals surface area contributed by atoms with E-state index >= 15 is 0 Å². The molecule has 1 aromatic rings. The largest absolute Gasteiger partial charge is 0.376 e. The molecule has 23 heavy (non-hydrogen) atoms. The molecule has 0 aromatic carbocycles. The Kier molecular flexibility index (Phi) is 4.05. The van der Waals surface area contributed by atoms with Crippen molar-refractivity contribution < 1.29 is 9.53 Å². The SMILES string of the molecule is Cc1nc(NC2CC2)sc1C(=O)NC1(C2CCCCO2)CCC1. The topological polar surface area (TPSA) is 63.2 Å². The minimum atomic E-state index is -0.141. The molecule has 0 spiro atoms. The van der Waals surface area contributed by atoms with Crippen molar-refractivity contribution in [2.45, 2.75) is 76.0 Å². The molecule has 3 aliphatic rings. The Bertz CT molecular complexity index is 587. The van der Waals surface area contributed by atoms with Crippen molar-refractivity contribution in [1.82, 2.24) is 10.3 Å². The second-order valence-electron chi connectivity index (χ2n) is 7.17. The maximum atomic E-state index is 12.8. The minimum absolute atomic E-state index is 0.0257. The number of carbonyl (C=O) groups is 1. The molecule has 126 valence electrons. The molecule has 1 unspecified atom stereocenters. The normalized spacial score (nSPS) is 26.4. The van der Waals surface area contributed by atoms with Gasteiger partial charge in [-0.15, -0.1) is 0 Å². The van der Waals surface area contributed by atoms with Gasteiger partial charge in [-0.25, -0.2) is 4.98 Å². The fourth-order valence-electron chi connectivity index (χ4n) is 3.62. The predicted molar refractivity (Wildman–Crippen MR) is 91.1 cm³/mol. The van der Waals surface area contributed by atoms with Crippen molar-refractivity contribution in [1.29, 1.82) is 0 Å². The maximum absolute atomic E-state index is 12.8. The Hall–Kier alpha value is -1.14. The van der Waals surface area contributed by atoms with E-state index in [0.29, 0.717) is 6.04 Å². The fourth-order valence-corrected chi connectivity index (χ4v) is 4.55. The highest BCUT2D eigenvalue weighted by atomic mass is 32.1. The number of aromatic nitrogens is 1. The number of nitrogens with one attached hydrogen (secondary N) is 2. The molecule has 4 rings (SSSR count). The summed E-state index contributed by atoms with van der Waals surface area (Å²) in [5.41, 5.74) is 0.688. The van der Waals surface area contributed by atoms with E-state index in [0.717, 1.165) is 48.0 Å². The first-order valence-electron chi connectivity index (χ1n) is 8.84. The van der Waals surface area contributed by atoms with E-state index in [9.17, 15) is 4.79 Å². The summed E-state index contributed by atoms with van der Waals surface area (Å²) in [5.74, 6) is 0.0257. The Balaban J connectivity index is 1.46. The summed E-state index contributed by atoms with van der Waals surface area (Å²) >= 11 is 1.48. The average Bonchev–Trinajstić information content (AvgIpc) is 3.25. The number of hydrogen-bond donors (Lipinski definition) is 2. The summed E-state index contributed by atoms with van der Waals surface area (Å²) in [6.07, 6.45) is 9.27. The van der Waals surface area contributed by atoms with Crippen molar-refractivity contribution in [3.63, 3.8) is 0 Å². The van der Waals surface area contributed by atoms with Gasteiger partial charge in [-0.1, -0.05) is 11.3 Å². The van der Waals surface area contributed by atoms with Gasteiger partial charge in [-0.05, 0) is 58.3 Å². The van der Waals surface area contributed by atoms with Crippen LogP contribution < -0.4 is 10.6 Å². The second-order valence-corrected chi connectivity index (χ2v) is 8.17. The van der Waals surface area contributed by atoms with Crippen LogP contribution in [0.2, 0.25) is 0 Å². The lowest BCUT2D eigenvalue weighted by Gasteiger charge is -2.49. The minimum Gasteiger partial charge on any atom is -0.376 e. The van der Waals surface area contributed by atoms with Gasteiger partial charge in [-0.2, -0.15) is 0 Å². The van der Waals surface area contributed by atoms with Crippen LogP contribution >= 0.6 is 11.3 Å². The molecule has 2 aliphatic carbocycles. The summed E-state index contributed by atoms with van der Waals surface area (Å²) in [6, 6.07) is 0.560. The number of aryl methyl sites for hydroxylation is 1. The van der Waals surface area contributed by atoms with Gasteiger partial charge in [0.15, 0.2) is 5.13 Å². The Labute approximate surface area is 141 Å². The van der Waals surface area contributed by atoms with Gasteiger partial charge in [0.2, 0.25) is 0 Å². The molecule has 0 radical (unpaired) electrons. The molecule has 2 N–H and O–H groups in total. The van der Waals surface area contributed by atoms with Crippen molar-refractivity contribution in [2.75, 3.05) is 11.9 Å². The highest BCUT2D eigenvalue weighted by molar-refractivity contribution is 7.17. The average molecular weight is 335 g/mol. The smallest absolute Gasteiger partial charge is 0.263 e.